The van der Waals surface area contributed by atoms with Crippen LogP contribution < -0.4 is 15.4 Å². The second kappa shape index (κ2) is 9.67. The van der Waals surface area contributed by atoms with Crippen molar-refractivity contribution in [1.29, 1.82) is 0 Å². The van der Waals surface area contributed by atoms with E-state index in [-0.39, 0.29) is 24.7 Å². The van der Waals surface area contributed by atoms with Gasteiger partial charge in [-0.05, 0) is 24.6 Å². The van der Waals surface area contributed by atoms with Crippen LogP contribution in [0.15, 0.2) is 24.3 Å². The summed E-state index contributed by atoms with van der Waals surface area (Å²) in [7, 11) is -2.39. The minimum Gasteiger partial charge on any atom is -0.496 e. The van der Waals surface area contributed by atoms with Crippen molar-refractivity contribution in [3.8, 4) is 5.75 Å². The summed E-state index contributed by atoms with van der Waals surface area (Å²) in [4.78, 5) is 39.6. The summed E-state index contributed by atoms with van der Waals surface area (Å²) in [5, 5.41) is 5.12. The summed E-state index contributed by atoms with van der Waals surface area (Å²) in [6.07, 6.45) is 0.474. The number of aromatic amines is 1. The van der Waals surface area contributed by atoms with Crippen LogP contribution in [0.2, 0.25) is 0 Å². The molecule has 1 saturated heterocycles. The zero-order valence-corrected chi connectivity index (χ0v) is 18.4. The molecule has 1 atom stereocenters. The molecule has 0 radical (unpaired) electrons. The first-order valence-electron chi connectivity index (χ1n) is 9.52. The number of benzene rings is 1. The monoisotopic (exact) mass is 470 g/mol. The summed E-state index contributed by atoms with van der Waals surface area (Å²) in [5.74, 6) is -1.25. The molecule has 1 aromatic heterocycles. The third kappa shape index (κ3) is 5.35. The number of ether oxygens (including phenoxy) is 1. The molecule has 0 aliphatic carbocycles. The molecule has 3 rings (SSSR count). The van der Waals surface area contributed by atoms with Gasteiger partial charge in [-0.1, -0.05) is 6.07 Å². The number of hydrogen-bond acceptors (Lipinski definition) is 6. The number of alkyl halides is 1. The SMILES string of the molecule is COc1cccc2[nH]c(C(=O)NCC(=O)CN(C[C@@H]3CCNC3=O)S(=O)(=O)CCl)cc12. The Labute approximate surface area is 184 Å². The molecule has 0 spiro atoms. The topological polar surface area (TPSA) is 138 Å². The third-order valence-corrected chi connectivity index (χ3v) is 7.17. The normalized spacial score (nSPS) is 16.5. The van der Waals surface area contributed by atoms with Crippen LogP contribution >= 0.6 is 11.6 Å². The standard InChI is InChI=1S/C19H23ClN4O6S/c1-30-17-4-2-3-15-14(17)7-16(23-15)19(27)22-8-13(25)10-24(31(28,29)11-20)9-12-5-6-21-18(12)26/h2-4,7,12,23H,5-6,8-11H2,1H3,(H,21,26)(H,22,27)/t12-/m0/s1. The lowest BCUT2D eigenvalue weighted by Gasteiger charge is -2.22. The number of amides is 2. The summed E-state index contributed by atoms with van der Waals surface area (Å²) in [6.45, 7) is -0.546. The lowest BCUT2D eigenvalue weighted by molar-refractivity contribution is -0.123. The maximum absolute atomic E-state index is 12.4. The van der Waals surface area contributed by atoms with Crippen molar-refractivity contribution in [3.63, 3.8) is 0 Å². The van der Waals surface area contributed by atoms with Gasteiger partial charge in [0.15, 0.2) is 5.78 Å². The molecule has 0 saturated carbocycles. The van der Waals surface area contributed by atoms with Crippen molar-refractivity contribution >= 4 is 50.1 Å². The Bertz CT molecular complexity index is 1100. The highest BCUT2D eigenvalue weighted by Crippen LogP contribution is 2.25. The Morgan fingerprint density at radius 2 is 2.13 bits per heavy atom. The number of nitrogens with one attached hydrogen (secondary N) is 3. The number of aromatic nitrogens is 1. The number of sulfonamides is 1. The molecule has 10 nitrogen and oxygen atoms in total. The van der Waals surface area contributed by atoms with E-state index in [0.717, 1.165) is 9.69 Å². The second-order valence-corrected chi connectivity index (χ2v) is 9.67. The van der Waals surface area contributed by atoms with Crippen LogP contribution in [0, 0.1) is 5.92 Å². The fraction of sp³-hybridized carbons (Fsp3) is 0.421. The van der Waals surface area contributed by atoms with Gasteiger partial charge in [0.1, 0.15) is 16.7 Å². The molecule has 1 aliphatic rings. The second-order valence-electron chi connectivity index (χ2n) is 7.12. The number of fused-ring (bicyclic) bond motifs is 1. The average molecular weight is 471 g/mol. The maximum atomic E-state index is 12.4. The van der Waals surface area contributed by atoms with E-state index < -0.39 is 39.4 Å². The number of carbonyl (C=O) groups is 3. The number of H-pyrrole nitrogens is 1. The largest absolute Gasteiger partial charge is 0.496 e. The molecule has 1 aromatic carbocycles. The number of hydrogen-bond donors (Lipinski definition) is 3. The van der Waals surface area contributed by atoms with E-state index in [0.29, 0.717) is 24.2 Å². The van der Waals surface area contributed by atoms with Gasteiger partial charge in [-0.15, -0.1) is 11.6 Å². The van der Waals surface area contributed by atoms with Gasteiger partial charge in [-0.3, -0.25) is 14.4 Å². The average Bonchev–Trinajstić information content (AvgIpc) is 3.37. The third-order valence-electron chi connectivity index (χ3n) is 5.01. The van der Waals surface area contributed by atoms with Crippen molar-refractivity contribution in [1.82, 2.24) is 19.9 Å². The maximum Gasteiger partial charge on any atom is 0.268 e. The van der Waals surface area contributed by atoms with E-state index in [1.807, 2.05) is 0 Å². The highest BCUT2D eigenvalue weighted by atomic mass is 35.5. The molecule has 2 aromatic rings. The Morgan fingerprint density at radius 1 is 1.35 bits per heavy atom. The molecule has 0 bridgehead atoms. The quantitative estimate of drug-likeness (QED) is 0.431. The predicted molar refractivity (Wildman–Crippen MR) is 115 cm³/mol. The van der Waals surface area contributed by atoms with Crippen molar-refractivity contribution in [2.24, 2.45) is 5.92 Å². The molecule has 2 heterocycles. The van der Waals surface area contributed by atoms with Crippen molar-refractivity contribution in [3.05, 3.63) is 30.0 Å². The van der Waals surface area contributed by atoms with Crippen molar-refractivity contribution in [2.45, 2.75) is 6.42 Å². The number of Topliss-reactive ketones (excluding diaryl/α,β-unsaturated/α-hetero) is 1. The molecule has 0 unspecified atom stereocenters. The highest BCUT2D eigenvalue weighted by Gasteiger charge is 2.32. The van der Waals surface area contributed by atoms with Crippen molar-refractivity contribution in [2.75, 3.05) is 38.5 Å². The van der Waals surface area contributed by atoms with Crippen LogP contribution in [0.1, 0.15) is 16.9 Å². The van der Waals surface area contributed by atoms with E-state index in [2.05, 4.69) is 15.6 Å². The van der Waals surface area contributed by atoms with E-state index in [1.165, 1.54) is 7.11 Å². The zero-order valence-electron chi connectivity index (χ0n) is 16.8. The van der Waals surface area contributed by atoms with Gasteiger partial charge in [0.05, 0.1) is 26.1 Å². The minimum atomic E-state index is -3.92. The van der Waals surface area contributed by atoms with Gasteiger partial charge in [-0.2, -0.15) is 4.31 Å². The summed E-state index contributed by atoms with van der Waals surface area (Å²) in [5.41, 5.74) is 0.935. The summed E-state index contributed by atoms with van der Waals surface area (Å²) in [6, 6.07) is 6.93. The predicted octanol–water partition coefficient (Wildman–Crippen LogP) is 0.440. The summed E-state index contributed by atoms with van der Waals surface area (Å²) >= 11 is 5.54. The lowest BCUT2D eigenvalue weighted by atomic mass is 10.1. The lowest BCUT2D eigenvalue weighted by Crippen LogP contribution is -2.43. The number of carbonyl (C=O) groups excluding carboxylic acids is 3. The van der Waals surface area contributed by atoms with Gasteiger partial charge in [0.25, 0.3) is 5.91 Å². The fourth-order valence-electron chi connectivity index (χ4n) is 3.36. The minimum absolute atomic E-state index is 0.137. The van der Waals surface area contributed by atoms with E-state index >= 15 is 0 Å². The van der Waals surface area contributed by atoms with E-state index in [9.17, 15) is 22.8 Å². The smallest absolute Gasteiger partial charge is 0.268 e. The number of nitrogens with zero attached hydrogens (tertiary/aromatic N) is 1. The summed E-state index contributed by atoms with van der Waals surface area (Å²) < 4.78 is 30.7. The molecule has 2 amide bonds. The number of halogens is 1. The zero-order chi connectivity index (χ0) is 22.6. The van der Waals surface area contributed by atoms with E-state index in [1.54, 1.807) is 24.3 Å². The first-order valence-corrected chi connectivity index (χ1v) is 11.7. The Hall–Kier alpha value is -2.63. The Kier molecular flexibility index (Phi) is 7.19. The van der Waals surface area contributed by atoms with Crippen LogP contribution in [0.5, 0.6) is 5.75 Å². The van der Waals surface area contributed by atoms with Gasteiger partial charge in [-0.25, -0.2) is 8.42 Å². The van der Waals surface area contributed by atoms with Crippen LogP contribution in [0.3, 0.4) is 0 Å². The van der Waals surface area contributed by atoms with Gasteiger partial charge in [0.2, 0.25) is 15.9 Å². The first-order chi connectivity index (χ1) is 14.7. The number of methoxy groups -OCH3 is 1. The van der Waals surface area contributed by atoms with E-state index in [4.69, 9.17) is 16.3 Å². The molecule has 31 heavy (non-hydrogen) atoms. The molecular weight excluding hydrogens is 448 g/mol. The van der Waals surface area contributed by atoms with Crippen molar-refractivity contribution < 1.29 is 27.5 Å². The van der Waals surface area contributed by atoms with Crippen LogP contribution in [0.4, 0.5) is 0 Å². The molecule has 1 fully saturated rings. The van der Waals surface area contributed by atoms with Gasteiger partial charge < -0.3 is 20.4 Å². The Balaban J connectivity index is 1.63. The van der Waals surface area contributed by atoms with Gasteiger partial charge in [0, 0.05) is 24.0 Å². The Morgan fingerprint density at radius 3 is 2.77 bits per heavy atom. The molecule has 12 heteroatoms. The highest BCUT2D eigenvalue weighted by molar-refractivity contribution is 7.90. The van der Waals surface area contributed by atoms with Crippen LogP contribution in [-0.2, 0) is 19.6 Å². The first kappa shape index (κ1) is 23.0. The molecule has 168 valence electrons. The molecule has 1 aliphatic heterocycles. The fourth-order valence-corrected chi connectivity index (χ4v) is 4.66. The van der Waals surface area contributed by atoms with Crippen LogP contribution in [-0.4, -0.2) is 73.8 Å². The van der Waals surface area contributed by atoms with Gasteiger partial charge >= 0.3 is 0 Å². The molecule has 3 N–H and O–H groups in total. The molecular formula is C19H23ClN4O6S. The number of ketones is 1. The number of rotatable bonds is 10. The van der Waals surface area contributed by atoms with Crippen LogP contribution in [0.25, 0.3) is 10.9 Å².